The van der Waals surface area contributed by atoms with Gasteiger partial charge in [-0.1, -0.05) is 11.6 Å². The number of anilines is 1. The molecule has 1 amide bonds. The third-order valence-corrected chi connectivity index (χ3v) is 3.62. The zero-order chi connectivity index (χ0) is 14.7. The van der Waals surface area contributed by atoms with Crippen molar-refractivity contribution in [3.63, 3.8) is 0 Å². The second-order valence-corrected chi connectivity index (χ2v) is 5.61. The number of hydrogen-bond donors (Lipinski definition) is 2. The molecule has 2 aromatic rings. The number of carboxylic acids is 1. The molecule has 0 atom stereocenters. The van der Waals surface area contributed by atoms with Gasteiger partial charge in [-0.05, 0) is 65.1 Å². The predicted molar refractivity (Wildman–Crippen MR) is 85.5 cm³/mol. The summed E-state index contributed by atoms with van der Waals surface area (Å²) in [5, 5.41) is 11.8. The molecule has 0 aliphatic rings. The summed E-state index contributed by atoms with van der Waals surface area (Å²) in [5.41, 5.74) is 0.810. The van der Waals surface area contributed by atoms with E-state index in [1.807, 2.05) is 12.1 Å². The number of rotatable bonds is 3. The molecule has 2 aromatic carbocycles. The fourth-order valence-electron chi connectivity index (χ4n) is 1.55. The first-order chi connectivity index (χ1) is 9.47. The molecular formula is C14H9ClINO3. The lowest BCUT2D eigenvalue weighted by Crippen LogP contribution is -2.12. The Morgan fingerprint density at radius 1 is 1.05 bits per heavy atom. The topological polar surface area (TPSA) is 66.4 Å². The van der Waals surface area contributed by atoms with Crippen LogP contribution in [0.1, 0.15) is 20.7 Å². The Morgan fingerprint density at radius 2 is 1.65 bits per heavy atom. The van der Waals surface area contributed by atoms with Gasteiger partial charge in [-0.25, -0.2) is 4.79 Å². The first kappa shape index (κ1) is 14.8. The smallest absolute Gasteiger partial charge is 0.335 e. The molecule has 0 heterocycles. The molecule has 0 saturated carbocycles. The minimum atomic E-state index is -1.08. The number of hydrogen-bond acceptors (Lipinski definition) is 2. The lowest BCUT2D eigenvalue weighted by atomic mass is 10.1. The molecule has 0 unspecified atom stereocenters. The van der Waals surface area contributed by atoms with Gasteiger partial charge in [-0.2, -0.15) is 0 Å². The summed E-state index contributed by atoms with van der Waals surface area (Å²) in [6, 6.07) is 11.1. The normalized spacial score (nSPS) is 10.1. The van der Waals surface area contributed by atoms with Crippen LogP contribution in [-0.2, 0) is 0 Å². The first-order valence-corrected chi connectivity index (χ1v) is 7.03. The second kappa shape index (κ2) is 6.23. The van der Waals surface area contributed by atoms with E-state index in [2.05, 4.69) is 27.9 Å². The van der Waals surface area contributed by atoms with Crippen molar-refractivity contribution in [2.45, 2.75) is 0 Å². The standard InChI is InChI=1S/C14H9ClINO3/c15-11-6-3-9(14(19)20)7-12(11)17-13(18)8-1-4-10(16)5-2-8/h1-7H,(H,17,18)(H,19,20). The SMILES string of the molecule is O=C(O)c1ccc(Cl)c(NC(=O)c2ccc(I)cc2)c1. The highest BCUT2D eigenvalue weighted by atomic mass is 127. The van der Waals surface area contributed by atoms with Crippen molar-refractivity contribution in [3.05, 3.63) is 62.2 Å². The molecule has 0 aliphatic carbocycles. The Labute approximate surface area is 133 Å². The Balaban J connectivity index is 2.25. The number of carbonyl (C=O) groups excluding carboxylic acids is 1. The monoisotopic (exact) mass is 401 g/mol. The van der Waals surface area contributed by atoms with E-state index in [0.717, 1.165) is 3.57 Å². The number of nitrogens with one attached hydrogen (secondary N) is 1. The van der Waals surface area contributed by atoms with Gasteiger partial charge in [0.05, 0.1) is 16.3 Å². The molecule has 0 radical (unpaired) electrons. The van der Waals surface area contributed by atoms with E-state index < -0.39 is 5.97 Å². The van der Waals surface area contributed by atoms with Crippen molar-refractivity contribution >= 4 is 51.8 Å². The maximum absolute atomic E-state index is 12.0. The zero-order valence-electron chi connectivity index (χ0n) is 10.1. The highest BCUT2D eigenvalue weighted by Crippen LogP contribution is 2.23. The molecule has 0 fully saturated rings. The third-order valence-electron chi connectivity index (χ3n) is 2.57. The van der Waals surface area contributed by atoms with Crippen molar-refractivity contribution in [2.24, 2.45) is 0 Å². The number of carboxylic acid groups (broad SMARTS) is 1. The van der Waals surface area contributed by atoms with Crippen LogP contribution in [0.4, 0.5) is 5.69 Å². The number of aromatic carboxylic acids is 1. The van der Waals surface area contributed by atoms with Crippen molar-refractivity contribution in [1.82, 2.24) is 0 Å². The maximum atomic E-state index is 12.0. The molecule has 2 N–H and O–H groups in total. The van der Waals surface area contributed by atoms with Gasteiger partial charge in [0.15, 0.2) is 0 Å². The van der Waals surface area contributed by atoms with Gasteiger partial charge in [0.1, 0.15) is 0 Å². The van der Waals surface area contributed by atoms with Gasteiger partial charge in [-0.3, -0.25) is 4.79 Å². The third kappa shape index (κ3) is 3.49. The van der Waals surface area contributed by atoms with Crippen LogP contribution in [-0.4, -0.2) is 17.0 Å². The fraction of sp³-hybridized carbons (Fsp3) is 0. The Kier molecular flexibility index (Phi) is 4.61. The molecule has 4 nitrogen and oxygen atoms in total. The van der Waals surface area contributed by atoms with Crippen LogP contribution in [0.2, 0.25) is 5.02 Å². The minimum Gasteiger partial charge on any atom is -0.478 e. The molecule has 2 rings (SSSR count). The summed E-state index contributed by atoms with van der Waals surface area (Å²) in [6.45, 7) is 0. The van der Waals surface area contributed by atoms with E-state index in [1.165, 1.54) is 18.2 Å². The van der Waals surface area contributed by atoms with Gasteiger partial charge in [0.2, 0.25) is 0 Å². The Hall–Kier alpha value is -1.60. The largest absolute Gasteiger partial charge is 0.478 e. The summed E-state index contributed by atoms with van der Waals surface area (Å²) < 4.78 is 1.02. The van der Waals surface area contributed by atoms with Crippen LogP contribution >= 0.6 is 34.2 Å². The van der Waals surface area contributed by atoms with Gasteiger partial charge >= 0.3 is 5.97 Å². The number of benzene rings is 2. The van der Waals surface area contributed by atoms with E-state index in [4.69, 9.17) is 16.7 Å². The van der Waals surface area contributed by atoms with E-state index in [-0.39, 0.29) is 22.2 Å². The Bertz CT molecular complexity index is 671. The predicted octanol–water partition coefficient (Wildman–Crippen LogP) is 3.90. The molecule has 20 heavy (non-hydrogen) atoms. The second-order valence-electron chi connectivity index (χ2n) is 3.96. The molecular weight excluding hydrogens is 393 g/mol. The summed E-state index contributed by atoms with van der Waals surface area (Å²) in [5.74, 6) is -1.42. The molecule has 0 bridgehead atoms. The summed E-state index contributed by atoms with van der Waals surface area (Å²) in [4.78, 5) is 22.9. The summed E-state index contributed by atoms with van der Waals surface area (Å²) in [6.07, 6.45) is 0. The Morgan fingerprint density at radius 3 is 2.25 bits per heavy atom. The molecule has 0 spiro atoms. The van der Waals surface area contributed by atoms with Crippen molar-refractivity contribution in [1.29, 1.82) is 0 Å². The van der Waals surface area contributed by atoms with Crippen LogP contribution < -0.4 is 5.32 Å². The summed E-state index contributed by atoms with van der Waals surface area (Å²) >= 11 is 8.09. The van der Waals surface area contributed by atoms with E-state index in [9.17, 15) is 9.59 Å². The van der Waals surface area contributed by atoms with Gasteiger partial charge in [-0.15, -0.1) is 0 Å². The quantitative estimate of drug-likeness (QED) is 0.767. The van der Waals surface area contributed by atoms with Crippen molar-refractivity contribution < 1.29 is 14.7 Å². The number of amides is 1. The van der Waals surface area contributed by atoms with Crippen molar-refractivity contribution in [2.75, 3.05) is 5.32 Å². The van der Waals surface area contributed by atoms with E-state index in [1.54, 1.807) is 12.1 Å². The van der Waals surface area contributed by atoms with Gasteiger partial charge < -0.3 is 10.4 Å². The summed E-state index contributed by atoms with van der Waals surface area (Å²) in [7, 11) is 0. The zero-order valence-corrected chi connectivity index (χ0v) is 13.0. The van der Waals surface area contributed by atoms with Gasteiger partial charge in [0.25, 0.3) is 5.91 Å². The van der Waals surface area contributed by atoms with E-state index in [0.29, 0.717) is 5.56 Å². The van der Waals surface area contributed by atoms with Crippen LogP contribution in [0, 0.1) is 3.57 Å². The number of carbonyl (C=O) groups is 2. The maximum Gasteiger partial charge on any atom is 0.335 e. The molecule has 102 valence electrons. The first-order valence-electron chi connectivity index (χ1n) is 5.57. The molecule has 6 heteroatoms. The lowest BCUT2D eigenvalue weighted by molar-refractivity contribution is 0.0696. The number of halogens is 2. The van der Waals surface area contributed by atoms with Crippen LogP contribution in [0.15, 0.2) is 42.5 Å². The van der Waals surface area contributed by atoms with E-state index >= 15 is 0 Å². The highest BCUT2D eigenvalue weighted by molar-refractivity contribution is 14.1. The van der Waals surface area contributed by atoms with Crippen molar-refractivity contribution in [3.8, 4) is 0 Å². The average Bonchev–Trinajstić information content (AvgIpc) is 2.41. The molecule has 0 aliphatic heterocycles. The highest BCUT2D eigenvalue weighted by Gasteiger charge is 2.11. The lowest BCUT2D eigenvalue weighted by Gasteiger charge is -2.08. The van der Waals surface area contributed by atoms with Gasteiger partial charge in [0, 0.05) is 9.13 Å². The average molecular weight is 402 g/mol. The fourth-order valence-corrected chi connectivity index (χ4v) is 2.07. The van der Waals surface area contributed by atoms with Crippen LogP contribution in [0.25, 0.3) is 0 Å². The van der Waals surface area contributed by atoms with Crippen LogP contribution in [0.5, 0.6) is 0 Å². The molecule has 0 saturated heterocycles. The van der Waals surface area contributed by atoms with Crippen LogP contribution in [0.3, 0.4) is 0 Å². The minimum absolute atomic E-state index is 0.0623. The molecule has 0 aromatic heterocycles.